The van der Waals surface area contributed by atoms with Crippen molar-refractivity contribution in [2.75, 3.05) is 0 Å². The molecule has 0 aromatic heterocycles. The summed E-state index contributed by atoms with van der Waals surface area (Å²) in [6, 6.07) is 47.1. The van der Waals surface area contributed by atoms with Gasteiger partial charge >= 0.3 is 296 Å². The summed E-state index contributed by atoms with van der Waals surface area (Å²) in [5.41, 5.74) is 11.8. The zero-order valence-corrected chi connectivity index (χ0v) is 34.9. The van der Waals surface area contributed by atoms with E-state index in [9.17, 15) is 0 Å². The maximum Gasteiger partial charge on any atom is -1.00 e. The third-order valence-electron chi connectivity index (χ3n) is 10.6. The van der Waals surface area contributed by atoms with E-state index in [4.69, 9.17) is 0 Å². The van der Waals surface area contributed by atoms with Crippen LogP contribution in [0.3, 0.4) is 0 Å². The number of allylic oxidation sites excluding steroid dienone is 4. The fourth-order valence-corrected chi connectivity index (χ4v) is 21.4. The van der Waals surface area contributed by atoms with Gasteiger partial charge in [0.2, 0.25) is 0 Å². The SMILES string of the molecule is CC(C)(C)c1ccc([C](c2ccc(C(C)(C)C)cc2)=[Hf+2]([C]2=CC=CC2)[CH]2c3ccccc3-c3c2c2ccccc2c2ccccc32)cc1.[Cl-].[Cl-]. The number of benzene rings is 6. The number of hydrogen-bond donors (Lipinski definition) is 0. The molecular weight excluding hydrogens is 814 g/mol. The molecule has 6 aromatic rings. The van der Waals surface area contributed by atoms with Gasteiger partial charge in [-0.2, -0.15) is 0 Å². The van der Waals surface area contributed by atoms with Crippen molar-refractivity contribution in [1.29, 1.82) is 0 Å². The quantitative estimate of drug-likeness (QED) is 0.143. The fourth-order valence-electron chi connectivity index (χ4n) is 8.08. The van der Waals surface area contributed by atoms with Crippen molar-refractivity contribution in [3.05, 3.63) is 176 Å². The van der Waals surface area contributed by atoms with E-state index in [1.54, 1.807) is 12.1 Å². The Hall–Kier alpha value is -3.36. The van der Waals surface area contributed by atoms with Crippen molar-refractivity contribution in [1.82, 2.24) is 0 Å². The van der Waals surface area contributed by atoms with Crippen LogP contribution in [-0.2, 0) is 31.8 Å². The minimum atomic E-state index is -3.10. The largest absolute Gasteiger partial charge is 1.00 e. The molecule has 0 heterocycles. The Morgan fingerprint density at radius 2 is 1.04 bits per heavy atom. The first kappa shape index (κ1) is 36.4. The van der Waals surface area contributed by atoms with Gasteiger partial charge in [0, 0.05) is 0 Å². The van der Waals surface area contributed by atoms with Crippen LogP contribution in [0, 0.1) is 0 Å². The molecule has 2 aliphatic rings. The molecule has 0 radical (unpaired) electrons. The van der Waals surface area contributed by atoms with E-state index < -0.39 is 21.0 Å². The van der Waals surface area contributed by atoms with Crippen LogP contribution in [0.2, 0.25) is 0 Å². The van der Waals surface area contributed by atoms with Gasteiger partial charge in [-0.05, 0) is 0 Å². The topological polar surface area (TPSA) is 0 Å². The molecule has 6 aromatic carbocycles. The van der Waals surface area contributed by atoms with Gasteiger partial charge in [0.15, 0.2) is 0 Å². The van der Waals surface area contributed by atoms with Crippen molar-refractivity contribution in [3.8, 4) is 11.1 Å². The number of rotatable bonds is 4. The number of halogens is 2. The maximum absolute atomic E-state index is 3.10. The Balaban J connectivity index is 0.00000216. The second-order valence-corrected chi connectivity index (χ2v) is 24.8. The van der Waals surface area contributed by atoms with E-state index >= 15 is 0 Å². The second-order valence-electron chi connectivity index (χ2n) is 15.7. The molecule has 0 amide bonds. The minimum absolute atomic E-state index is 0. The third-order valence-corrected chi connectivity index (χ3v) is 22.6. The van der Waals surface area contributed by atoms with Crippen LogP contribution in [0.5, 0.6) is 0 Å². The predicted octanol–water partition coefficient (Wildman–Crippen LogP) is 6.40. The van der Waals surface area contributed by atoms with Crippen molar-refractivity contribution >= 4 is 24.8 Å². The Morgan fingerprint density at radius 3 is 1.56 bits per heavy atom. The Labute approximate surface area is 318 Å². The summed E-state index contributed by atoms with van der Waals surface area (Å²) >= 11 is -3.10. The summed E-state index contributed by atoms with van der Waals surface area (Å²) in [5.74, 6) is 0. The molecule has 2 aliphatic carbocycles. The van der Waals surface area contributed by atoms with Crippen LogP contribution in [0.15, 0.2) is 143 Å². The van der Waals surface area contributed by atoms with Gasteiger partial charge in [0.05, 0.1) is 0 Å². The first-order valence-corrected chi connectivity index (χ1v) is 23.1. The molecular formula is C47H44Cl2Hf. The van der Waals surface area contributed by atoms with Crippen LogP contribution < -0.4 is 24.8 Å². The van der Waals surface area contributed by atoms with E-state index in [0.717, 1.165) is 6.42 Å². The summed E-state index contributed by atoms with van der Waals surface area (Å²) < 4.78 is 3.70. The first-order chi connectivity index (χ1) is 23.1. The Bertz CT molecular complexity index is 2250. The first-order valence-electron chi connectivity index (χ1n) is 17.5. The smallest absolute Gasteiger partial charge is 1.00 e. The summed E-state index contributed by atoms with van der Waals surface area (Å²) in [7, 11) is 0. The normalized spacial score (nSPS) is 14.7. The minimum Gasteiger partial charge on any atom is -1.00 e. The molecule has 0 saturated carbocycles. The van der Waals surface area contributed by atoms with Crippen LogP contribution in [0.1, 0.15) is 85.0 Å². The Kier molecular flexibility index (Phi) is 10.2. The van der Waals surface area contributed by atoms with Crippen LogP contribution >= 0.6 is 0 Å². The molecule has 0 aliphatic heterocycles. The van der Waals surface area contributed by atoms with E-state index in [2.05, 4.69) is 181 Å². The average molecular weight is 858 g/mol. The molecule has 0 saturated heterocycles. The van der Waals surface area contributed by atoms with Crippen LogP contribution in [0.4, 0.5) is 0 Å². The molecule has 1 atom stereocenters. The molecule has 8 rings (SSSR count). The van der Waals surface area contributed by atoms with E-state index in [0.29, 0.717) is 3.67 Å². The molecule has 1 unspecified atom stereocenters. The zero-order chi connectivity index (χ0) is 33.2. The van der Waals surface area contributed by atoms with Gasteiger partial charge in [0.25, 0.3) is 0 Å². The van der Waals surface area contributed by atoms with Crippen LogP contribution in [0.25, 0.3) is 32.7 Å². The summed E-state index contributed by atoms with van der Waals surface area (Å²) in [6.45, 7) is 13.9. The van der Waals surface area contributed by atoms with E-state index in [1.165, 1.54) is 60.5 Å². The molecule has 3 heteroatoms. The van der Waals surface area contributed by atoms with E-state index in [-0.39, 0.29) is 35.6 Å². The van der Waals surface area contributed by atoms with Gasteiger partial charge < -0.3 is 24.8 Å². The zero-order valence-electron chi connectivity index (χ0n) is 29.8. The predicted molar refractivity (Wildman–Crippen MR) is 204 cm³/mol. The van der Waals surface area contributed by atoms with Gasteiger partial charge in [-0.25, -0.2) is 0 Å². The molecule has 0 N–H and O–H groups in total. The van der Waals surface area contributed by atoms with Crippen molar-refractivity contribution in [2.45, 2.75) is 62.5 Å². The molecule has 250 valence electrons. The van der Waals surface area contributed by atoms with Crippen molar-refractivity contribution < 1.29 is 45.8 Å². The monoisotopic (exact) mass is 858 g/mol. The molecule has 0 spiro atoms. The Morgan fingerprint density at radius 1 is 0.560 bits per heavy atom. The van der Waals surface area contributed by atoms with Crippen molar-refractivity contribution in [3.63, 3.8) is 0 Å². The average Bonchev–Trinajstić information content (AvgIpc) is 3.74. The van der Waals surface area contributed by atoms with Gasteiger partial charge in [-0.1, -0.05) is 0 Å². The maximum atomic E-state index is 2.50. The fraction of sp³-hybridized carbons (Fsp3) is 0.213. The molecule has 0 bridgehead atoms. The molecule has 0 nitrogen and oxygen atoms in total. The van der Waals surface area contributed by atoms with Gasteiger partial charge in [0.1, 0.15) is 0 Å². The van der Waals surface area contributed by atoms with Crippen LogP contribution in [-0.4, -0.2) is 3.26 Å². The summed E-state index contributed by atoms with van der Waals surface area (Å²) in [6.07, 6.45) is 8.27. The molecule has 0 fully saturated rings. The van der Waals surface area contributed by atoms with Gasteiger partial charge in [-0.3, -0.25) is 0 Å². The number of hydrogen-bond acceptors (Lipinski definition) is 0. The summed E-state index contributed by atoms with van der Waals surface area (Å²) in [5, 5.41) is 5.54. The summed E-state index contributed by atoms with van der Waals surface area (Å²) in [4.78, 5) is 0. The standard InChI is InChI=1S/C21H13.C21H26.C5H5.2ClH.Hf/c1-2-8-15-14(7-1)13-20-18-11-4-3-9-16(18)17-10-5-6-12-19(17)21(15)20;1-20(2,3)18-11-7-16(8-12-18)15-17-9-13-19(14-10-17)21(4,5)6;1-2-4-5-3-1;;;/h1-13H;7-14H,1-6H3;1-3H,4H2;2*1H;/q;;;;;+2/p-2. The number of fused-ring (bicyclic) bond motifs is 8. The van der Waals surface area contributed by atoms with E-state index in [1.807, 2.05) is 0 Å². The third kappa shape index (κ3) is 6.25. The van der Waals surface area contributed by atoms with Gasteiger partial charge in [-0.15, -0.1) is 0 Å². The second kappa shape index (κ2) is 14.0. The molecule has 50 heavy (non-hydrogen) atoms. The van der Waals surface area contributed by atoms with Crippen molar-refractivity contribution in [2.24, 2.45) is 0 Å².